The van der Waals surface area contributed by atoms with E-state index in [0.29, 0.717) is 24.4 Å². The van der Waals surface area contributed by atoms with Crippen molar-refractivity contribution in [2.24, 2.45) is 0 Å². The van der Waals surface area contributed by atoms with E-state index in [0.717, 1.165) is 23.5 Å². The zero-order valence-electron chi connectivity index (χ0n) is 16.6. The molecular weight excluding hydrogens is 356 g/mol. The lowest BCUT2D eigenvalue weighted by Gasteiger charge is -2.15. The molecule has 1 saturated heterocycles. The second-order valence-electron chi connectivity index (χ2n) is 8.41. The van der Waals surface area contributed by atoms with Crippen molar-refractivity contribution in [3.05, 3.63) is 57.7 Å². The molecule has 1 aliphatic rings. The summed E-state index contributed by atoms with van der Waals surface area (Å²) in [5.74, 6) is -0.0995. The Kier molecular flexibility index (Phi) is 4.28. The van der Waals surface area contributed by atoms with Crippen LogP contribution in [-0.4, -0.2) is 48.5 Å². The van der Waals surface area contributed by atoms with Crippen molar-refractivity contribution >= 4 is 11.6 Å². The first-order chi connectivity index (χ1) is 13.2. The van der Waals surface area contributed by atoms with Crippen LogP contribution in [0.1, 0.15) is 60.7 Å². The first-order valence-electron chi connectivity index (χ1n) is 9.43. The Morgan fingerprint density at radius 3 is 2.68 bits per heavy atom. The third-order valence-electron chi connectivity index (χ3n) is 5.17. The predicted octanol–water partition coefficient (Wildman–Crippen LogP) is 2.05. The fourth-order valence-corrected chi connectivity index (χ4v) is 3.45. The number of carbonyl (C=O) groups is 1. The monoisotopic (exact) mass is 380 g/mol. The highest BCUT2D eigenvalue weighted by atomic mass is 16.2. The lowest BCUT2D eigenvalue weighted by molar-refractivity contribution is 0.0784. The summed E-state index contributed by atoms with van der Waals surface area (Å²) in [6.07, 6.45) is 3.87. The molecule has 28 heavy (non-hydrogen) atoms. The van der Waals surface area contributed by atoms with Crippen molar-refractivity contribution in [1.29, 1.82) is 0 Å². The van der Waals surface area contributed by atoms with E-state index in [1.807, 2.05) is 13.0 Å². The summed E-state index contributed by atoms with van der Waals surface area (Å²) in [4.78, 5) is 40.0. The van der Waals surface area contributed by atoms with Gasteiger partial charge in [-0.25, -0.2) is 14.5 Å². The number of hydrogen-bond acceptors (Lipinski definition) is 5. The summed E-state index contributed by atoms with van der Waals surface area (Å²) in [5, 5.41) is 3.14. The molecule has 3 aromatic heterocycles. The van der Waals surface area contributed by atoms with Crippen molar-refractivity contribution in [2.45, 2.75) is 45.4 Å². The SMILES string of the molecule is Cc1cnc(C(=O)N2CCC(c3cc(=O)n4[nH]c(C(C)(C)C)cc4n3)C2)cn1. The van der Waals surface area contributed by atoms with Crippen molar-refractivity contribution in [3.63, 3.8) is 0 Å². The number of H-pyrrole nitrogens is 1. The van der Waals surface area contributed by atoms with Crippen LogP contribution in [0.15, 0.2) is 29.3 Å². The van der Waals surface area contributed by atoms with Gasteiger partial charge in [0.15, 0.2) is 5.65 Å². The van der Waals surface area contributed by atoms with Gasteiger partial charge in [0.05, 0.1) is 17.6 Å². The van der Waals surface area contributed by atoms with Gasteiger partial charge in [-0.1, -0.05) is 20.8 Å². The van der Waals surface area contributed by atoms with Gasteiger partial charge in [-0.05, 0) is 13.3 Å². The minimum Gasteiger partial charge on any atom is -0.337 e. The Morgan fingerprint density at radius 1 is 1.21 bits per heavy atom. The summed E-state index contributed by atoms with van der Waals surface area (Å²) >= 11 is 0. The van der Waals surface area contributed by atoms with Crippen LogP contribution in [0.3, 0.4) is 0 Å². The van der Waals surface area contributed by atoms with Gasteiger partial charge in [-0.15, -0.1) is 0 Å². The lowest BCUT2D eigenvalue weighted by atomic mass is 9.93. The van der Waals surface area contributed by atoms with Gasteiger partial charge in [0, 0.05) is 48.4 Å². The highest BCUT2D eigenvalue weighted by molar-refractivity contribution is 5.92. The number of likely N-dealkylation sites (tertiary alicyclic amines) is 1. The van der Waals surface area contributed by atoms with Gasteiger partial charge in [-0.3, -0.25) is 19.7 Å². The van der Waals surface area contributed by atoms with Gasteiger partial charge in [0.25, 0.3) is 11.5 Å². The van der Waals surface area contributed by atoms with Crippen LogP contribution < -0.4 is 5.56 Å². The standard InChI is InChI=1S/C20H24N6O2/c1-12-9-22-15(10-21-12)19(28)25-6-5-13(11-25)14-7-18(27)26-17(23-14)8-16(24-26)20(2,3)4/h7-10,13,24H,5-6,11H2,1-4H3. The average molecular weight is 380 g/mol. The number of aromatic amines is 1. The molecule has 0 saturated carbocycles. The van der Waals surface area contributed by atoms with E-state index in [-0.39, 0.29) is 22.8 Å². The number of rotatable bonds is 2. The molecule has 1 amide bonds. The maximum Gasteiger partial charge on any atom is 0.274 e. The van der Waals surface area contributed by atoms with E-state index in [2.05, 4.69) is 35.8 Å². The number of nitrogens with zero attached hydrogens (tertiary/aromatic N) is 5. The Hall–Kier alpha value is -3.03. The zero-order chi connectivity index (χ0) is 20.1. The van der Waals surface area contributed by atoms with Gasteiger partial charge in [0.1, 0.15) is 5.69 Å². The Bertz CT molecular complexity index is 1090. The number of amides is 1. The molecule has 0 aromatic carbocycles. The second-order valence-corrected chi connectivity index (χ2v) is 8.41. The van der Waals surface area contributed by atoms with E-state index in [9.17, 15) is 9.59 Å². The fourth-order valence-electron chi connectivity index (χ4n) is 3.45. The minimum atomic E-state index is -0.135. The fraction of sp³-hybridized carbons (Fsp3) is 0.450. The third-order valence-corrected chi connectivity index (χ3v) is 5.17. The largest absolute Gasteiger partial charge is 0.337 e. The van der Waals surface area contributed by atoms with E-state index in [1.54, 1.807) is 17.2 Å². The molecule has 0 aliphatic carbocycles. The summed E-state index contributed by atoms with van der Waals surface area (Å²) in [6.45, 7) is 9.21. The second kappa shape index (κ2) is 6.54. The van der Waals surface area contributed by atoms with Crippen LogP contribution in [-0.2, 0) is 5.41 Å². The Labute approximate surface area is 162 Å². The van der Waals surface area contributed by atoms with Crippen LogP contribution in [0.4, 0.5) is 0 Å². The molecule has 0 radical (unpaired) electrons. The molecule has 1 atom stereocenters. The minimum absolute atomic E-state index is 0.0352. The smallest absolute Gasteiger partial charge is 0.274 e. The predicted molar refractivity (Wildman–Crippen MR) is 105 cm³/mol. The number of hydrogen-bond donors (Lipinski definition) is 1. The van der Waals surface area contributed by atoms with Crippen LogP contribution in [0.25, 0.3) is 5.65 Å². The van der Waals surface area contributed by atoms with Crippen LogP contribution in [0.5, 0.6) is 0 Å². The number of nitrogens with one attached hydrogen (secondary N) is 1. The molecule has 4 heterocycles. The zero-order valence-corrected chi connectivity index (χ0v) is 16.6. The van der Waals surface area contributed by atoms with Crippen molar-refractivity contribution in [2.75, 3.05) is 13.1 Å². The highest BCUT2D eigenvalue weighted by Gasteiger charge is 2.30. The molecule has 1 fully saturated rings. The number of carbonyl (C=O) groups excluding carboxylic acids is 1. The van der Waals surface area contributed by atoms with Gasteiger partial charge >= 0.3 is 0 Å². The maximum absolute atomic E-state index is 12.7. The molecular formula is C20H24N6O2. The Balaban J connectivity index is 1.58. The first kappa shape index (κ1) is 18.3. The van der Waals surface area contributed by atoms with E-state index >= 15 is 0 Å². The van der Waals surface area contributed by atoms with Gasteiger partial charge in [-0.2, -0.15) is 0 Å². The molecule has 146 valence electrons. The average Bonchev–Trinajstić information content (AvgIpc) is 3.29. The number of fused-ring (bicyclic) bond motifs is 1. The molecule has 0 bridgehead atoms. The molecule has 8 nitrogen and oxygen atoms in total. The van der Waals surface area contributed by atoms with Gasteiger partial charge in [0.2, 0.25) is 0 Å². The summed E-state index contributed by atoms with van der Waals surface area (Å²) in [5.41, 5.74) is 3.17. The summed E-state index contributed by atoms with van der Waals surface area (Å²) in [6, 6.07) is 3.49. The molecule has 8 heteroatoms. The quantitative estimate of drug-likeness (QED) is 0.734. The molecule has 1 unspecified atom stereocenters. The molecule has 1 N–H and O–H groups in total. The van der Waals surface area contributed by atoms with Crippen molar-refractivity contribution in [3.8, 4) is 0 Å². The molecule has 4 rings (SSSR count). The van der Waals surface area contributed by atoms with Crippen molar-refractivity contribution < 1.29 is 4.79 Å². The van der Waals surface area contributed by atoms with Crippen LogP contribution in [0.2, 0.25) is 0 Å². The lowest BCUT2D eigenvalue weighted by Crippen LogP contribution is -2.29. The van der Waals surface area contributed by atoms with Gasteiger partial charge < -0.3 is 4.90 Å². The highest BCUT2D eigenvalue weighted by Crippen LogP contribution is 2.27. The van der Waals surface area contributed by atoms with Crippen molar-refractivity contribution in [1.82, 2.24) is 29.5 Å². The molecule has 0 spiro atoms. The van der Waals surface area contributed by atoms with Crippen LogP contribution >= 0.6 is 0 Å². The summed E-state index contributed by atoms with van der Waals surface area (Å²) in [7, 11) is 0. The topological polar surface area (TPSA) is 96.2 Å². The third kappa shape index (κ3) is 3.30. The van der Waals surface area contributed by atoms with E-state index in [4.69, 9.17) is 4.98 Å². The first-order valence-corrected chi connectivity index (χ1v) is 9.43. The normalized spacial score (nSPS) is 17.4. The molecule has 3 aromatic rings. The van der Waals surface area contributed by atoms with Crippen LogP contribution in [0, 0.1) is 6.92 Å². The summed E-state index contributed by atoms with van der Waals surface area (Å²) < 4.78 is 1.48. The number of aromatic nitrogens is 5. The maximum atomic E-state index is 12.7. The number of aryl methyl sites for hydroxylation is 1. The Morgan fingerprint density at radius 2 is 2.00 bits per heavy atom. The van der Waals surface area contributed by atoms with E-state index in [1.165, 1.54) is 10.7 Å². The van der Waals surface area contributed by atoms with E-state index < -0.39 is 0 Å². The molecule has 1 aliphatic heterocycles.